The van der Waals surface area contributed by atoms with Crippen molar-refractivity contribution in [3.05, 3.63) is 0 Å². The Bertz CT molecular complexity index is 246. The van der Waals surface area contributed by atoms with Gasteiger partial charge in [0.25, 0.3) is 0 Å². The van der Waals surface area contributed by atoms with E-state index in [0.717, 1.165) is 38.5 Å². The van der Waals surface area contributed by atoms with E-state index in [1.54, 1.807) is 0 Å². The van der Waals surface area contributed by atoms with Crippen LogP contribution in [0.4, 0.5) is 0 Å². The number of hydrogen-bond acceptors (Lipinski definition) is 4. The molecule has 4 heteroatoms. The highest BCUT2D eigenvalue weighted by molar-refractivity contribution is 5.75. The highest BCUT2D eigenvalue weighted by Gasteiger charge is 2.43. The molecule has 106 valence electrons. The summed E-state index contributed by atoms with van der Waals surface area (Å²) in [4.78, 5) is 11.8. The molecule has 0 radical (unpaired) electrons. The van der Waals surface area contributed by atoms with Crippen molar-refractivity contribution in [1.29, 1.82) is 0 Å². The van der Waals surface area contributed by atoms with E-state index in [4.69, 9.17) is 14.2 Å². The van der Waals surface area contributed by atoms with Gasteiger partial charge in [-0.2, -0.15) is 0 Å². The van der Waals surface area contributed by atoms with Crippen LogP contribution < -0.4 is 0 Å². The summed E-state index contributed by atoms with van der Waals surface area (Å²) in [7, 11) is 0. The van der Waals surface area contributed by atoms with Gasteiger partial charge in [-0.25, -0.2) is 4.79 Å². The molecule has 0 unspecified atom stereocenters. The topological polar surface area (TPSA) is 44.8 Å². The summed E-state index contributed by atoms with van der Waals surface area (Å²) in [6, 6.07) is 0. The maximum Gasteiger partial charge on any atom is 0.337 e. The van der Waals surface area contributed by atoms with Gasteiger partial charge in [-0.15, -0.1) is 0 Å². The van der Waals surface area contributed by atoms with Gasteiger partial charge in [0.05, 0.1) is 13.2 Å². The first-order valence-corrected chi connectivity index (χ1v) is 7.15. The van der Waals surface area contributed by atoms with E-state index in [1.165, 1.54) is 0 Å². The maximum atomic E-state index is 11.8. The zero-order chi connectivity index (χ0) is 13.4. The van der Waals surface area contributed by atoms with Crippen LogP contribution in [0.2, 0.25) is 0 Å². The number of esters is 1. The average molecular weight is 258 g/mol. The van der Waals surface area contributed by atoms with E-state index < -0.39 is 11.9 Å². The lowest BCUT2D eigenvalue weighted by atomic mass is 10.1. The quantitative estimate of drug-likeness (QED) is 0.496. The van der Waals surface area contributed by atoms with Gasteiger partial charge in [0.1, 0.15) is 0 Å². The van der Waals surface area contributed by atoms with Crippen LogP contribution in [0, 0.1) is 0 Å². The van der Waals surface area contributed by atoms with Crippen molar-refractivity contribution in [1.82, 2.24) is 0 Å². The molecule has 0 saturated carbocycles. The molecule has 1 saturated heterocycles. The molecule has 0 N–H and O–H groups in total. The molecule has 0 aromatic heterocycles. The predicted octanol–water partition coefficient (Wildman–Crippen LogP) is 3.04. The van der Waals surface area contributed by atoms with Gasteiger partial charge in [-0.1, -0.05) is 40.0 Å². The van der Waals surface area contributed by atoms with E-state index in [0.29, 0.717) is 13.2 Å². The molecule has 0 aromatic carbocycles. The van der Waals surface area contributed by atoms with Gasteiger partial charge in [-0.05, 0) is 6.42 Å². The summed E-state index contributed by atoms with van der Waals surface area (Å²) >= 11 is 0. The summed E-state index contributed by atoms with van der Waals surface area (Å²) in [5.74, 6) is -0.838. The first-order chi connectivity index (χ1) is 8.67. The molecule has 0 bridgehead atoms. The van der Waals surface area contributed by atoms with Crippen molar-refractivity contribution in [2.45, 2.75) is 71.2 Å². The van der Waals surface area contributed by atoms with Crippen molar-refractivity contribution in [2.24, 2.45) is 0 Å². The highest BCUT2D eigenvalue weighted by atomic mass is 16.8. The number of hydrogen-bond donors (Lipinski definition) is 0. The molecular weight excluding hydrogens is 232 g/mol. The summed E-state index contributed by atoms with van der Waals surface area (Å²) in [5.41, 5.74) is 0. The van der Waals surface area contributed by atoms with Crippen LogP contribution in [0.15, 0.2) is 0 Å². The molecule has 1 aliphatic rings. The third kappa shape index (κ3) is 4.25. The van der Waals surface area contributed by atoms with Crippen LogP contribution in [0.1, 0.15) is 59.3 Å². The van der Waals surface area contributed by atoms with Gasteiger partial charge in [-0.3, -0.25) is 0 Å². The smallest absolute Gasteiger partial charge is 0.337 e. The molecule has 0 spiro atoms. The summed E-state index contributed by atoms with van der Waals surface area (Å²) in [6.45, 7) is 7.05. The minimum absolute atomic E-state index is 0.280. The zero-order valence-electron chi connectivity index (χ0n) is 11.9. The number of carbonyl (C=O) groups is 1. The Balaban J connectivity index is 2.44. The van der Waals surface area contributed by atoms with Gasteiger partial charge in [0.2, 0.25) is 0 Å². The standard InChI is InChI=1S/C14H26O4/c1-4-7-10-16-13(15)12-11-17-14(18-12,8-5-2)9-6-3/h12H,4-11H2,1-3H3/t12-/m1/s1. The van der Waals surface area contributed by atoms with Gasteiger partial charge in [0, 0.05) is 12.8 Å². The minimum atomic E-state index is -0.558. The lowest BCUT2D eigenvalue weighted by Gasteiger charge is -2.27. The fraction of sp³-hybridized carbons (Fsp3) is 0.929. The number of carbonyl (C=O) groups excluding carboxylic acids is 1. The van der Waals surface area contributed by atoms with Crippen LogP contribution in [0.25, 0.3) is 0 Å². The van der Waals surface area contributed by atoms with Crippen LogP contribution in [-0.2, 0) is 19.0 Å². The predicted molar refractivity (Wildman–Crippen MR) is 69.2 cm³/mol. The molecule has 1 heterocycles. The molecule has 0 amide bonds. The third-order valence-corrected chi connectivity index (χ3v) is 3.12. The van der Waals surface area contributed by atoms with E-state index in [-0.39, 0.29) is 5.97 Å². The first kappa shape index (κ1) is 15.4. The Kier molecular flexibility index (Phi) is 6.65. The van der Waals surface area contributed by atoms with Crippen molar-refractivity contribution in [3.8, 4) is 0 Å². The Morgan fingerprint density at radius 2 is 1.89 bits per heavy atom. The monoisotopic (exact) mass is 258 g/mol. The van der Waals surface area contributed by atoms with Crippen molar-refractivity contribution in [2.75, 3.05) is 13.2 Å². The molecule has 1 rings (SSSR count). The van der Waals surface area contributed by atoms with Crippen molar-refractivity contribution >= 4 is 5.97 Å². The molecule has 0 aromatic rings. The van der Waals surface area contributed by atoms with Crippen molar-refractivity contribution < 1.29 is 19.0 Å². The van der Waals surface area contributed by atoms with E-state index in [1.807, 2.05) is 0 Å². The van der Waals surface area contributed by atoms with Gasteiger partial charge < -0.3 is 14.2 Å². The maximum absolute atomic E-state index is 11.8. The minimum Gasteiger partial charge on any atom is -0.464 e. The van der Waals surface area contributed by atoms with Gasteiger partial charge >= 0.3 is 5.97 Å². The van der Waals surface area contributed by atoms with Crippen molar-refractivity contribution in [3.63, 3.8) is 0 Å². The van der Waals surface area contributed by atoms with E-state index in [2.05, 4.69) is 20.8 Å². The number of unbranched alkanes of at least 4 members (excludes halogenated alkanes) is 1. The Labute approximate surface area is 110 Å². The fourth-order valence-electron chi connectivity index (χ4n) is 2.23. The SMILES string of the molecule is CCCCOC(=O)[C@H]1COC(CCC)(CCC)O1. The summed E-state index contributed by atoms with van der Waals surface area (Å²) < 4.78 is 16.7. The second-order valence-corrected chi connectivity index (χ2v) is 4.85. The lowest BCUT2D eigenvalue weighted by molar-refractivity contribution is -0.189. The lowest BCUT2D eigenvalue weighted by Crippen LogP contribution is -2.33. The third-order valence-electron chi connectivity index (χ3n) is 3.12. The normalized spacial score (nSPS) is 22.1. The molecular formula is C14H26O4. The second kappa shape index (κ2) is 7.74. The zero-order valence-corrected chi connectivity index (χ0v) is 11.9. The Morgan fingerprint density at radius 3 is 2.44 bits per heavy atom. The summed E-state index contributed by atoms with van der Waals surface area (Å²) in [6.07, 6.45) is 5.01. The average Bonchev–Trinajstić information content (AvgIpc) is 2.75. The summed E-state index contributed by atoms with van der Waals surface area (Å²) in [5, 5.41) is 0. The molecule has 1 aliphatic heterocycles. The van der Waals surface area contributed by atoms with E-state index in [9.17, 15) is 4.79 Å². The Morgan fingerprint density at radius 1 is 1.22 bits per heavy atom. The van der Waals surface area contributed by atoms with Crippen LogP contribution >= 0.6 is 0 Å². The van der Waals surface area contributed by atoms with Crippen LogP contribution in [0.3, 0.4) is 0 Å². The number of rotatable bonds is 8. The highest BCUT2D eigenvalue weighted by Crippen LogP contribution is 2.33. The van der Waals surface area contributed by atoms with Crippen LogP contribution in [-0.4, -0.2) is 31.1 Å². The van der Waals surface area contributed by atoms with Crippen LogP contribution in [0.5, 0.6) is 0 Å². The molecule has 0 aliphatic carbocycles. The molecule has 4 nitrogen and oxygen atoms in total. The van der Waals surface area contributed by atoms with Gasteiger partial charge in [0.15, 0.2) is 11.9 Å². The largest absolute Gasteiger partial charge is 0.464 e. The Hall–Kier alpha value is -0.610. The second-order valence-electron chi connectivity index (χ2n) is 4.85. The van der Waals surface area contributed by atoms with E-state index >= 15 is 0 Å². The number of ether oxygens (including phenoxy) is 3. The first-order valence-electron chi connectivity index (χ1n) is 7.15. The fourth-order valence-corrected chi connectivity index (χ4v) is 2.23. The molecule has 18 heavy (non-hydrogen) atoms. The molecule has 1 fully saturated rings. The molecule has 1 atom stereocenters.